The van der Waals surface area contributed by atoms with Gasteiger partial charge in [-0.3, -0.25) is 9.10 Å². The lowest BCUT2D eigenvalue weighted by molar-refractivity contribution is 0.102. The van der Waals surface area contributed by atoms with Crippen molar-refractivity contribution in [2.75, 3.05) is 21.9 Å². The summed E-state index contributed by atoms with van der Waals surface area (Å²) in [5.74, 6) is -0.176. The Labute approximate surface area is 152 Å². The normalized spacial score (nSPS) is 16.5. The molecule has 5 nitrogen and oxygen atoms in total. The molecule has 1 saturated heterocycles. The van der Waals surface area contributed by atoms with Crippen LogP contribution >= 0.6 is 11.6 Å². The minimum atomic E-state index is -3.30. The Morgan fingerprint density at radius 2 is 1.92 bits per heavy atom. The van der Waals surface area contributed by atoms with Crippen molar-refractivity contribution < 1.29 is 13.2 Å². The average molecular weight is 379 g/mol. The largest absolute Gasteiger partial charge is 0.322 e. The van der Waals surface area contributed by atoms with Crippen LogP contribution in [0.25, 0.3) is 0 Å². The molecule has 1 amide bonds. The summed E-state index contributed by atoms with van der Waals surface area (Å²) in [6, 6.07) is 12.0. The second-order valence-electron chi connectivity index (χ2n) is 6.03. The van der Waals surface area contributed by atoms with Gasteiger partial charge < -0.3 is 5.32 Å². The number of nitrogens with zero attached hydrogens (tertiary/aromatic N) is 1. The van der Waals surface area contributed by atoms with E-state index < -0.39 is 10.0 Å². The molecule has 132 valence electrons. The van der Waals surface area contributed by atoms with Crippen LogP contribution in [-0.2, 0) is 10.0 Å². The van der Waals surface area contributed by atoms with Crippen LogP contribution in [0.2, 0.25) is 5.02 Å². The quantitative estimate of drug-likeness (QED) is 0.882. The summed E-state index contributed by atoms with van der Waals surface area (Å²) in [4.78, 5) is 12.4. The summed E-state index contributed by atoms with van der Waals surface area (Å²) in [6.45, 7) is 2.32. The Morgan fingerprint density at radius 3 is 2.64 bits per heavy atom. The van der Waals surface area contributed by atoms with Crippen molar-refractivity contribution in [3.8, 4) is 0 Å². The summed E-state index contributed by atoms with van der Waals surface area (Å²) in [5.41, 5.74) is 2.36. The van der Waals surface area contributed by atoms with E-state index in [2.05, 4.69) is 5.32 Å². The number of rotatable bonds is 3. The van der Waals surface area contributed by atoms with Gasteiger partial charge in [0, 0.05) is 12.2 Å². The van der Waals surface area contributed by atoms with Gasteiger partial charge in [-0.1, -0.05) is 29.8 Å². The van der Waals surface area contributed by atoms with Gasteiger partial charge in [0.2, 0.25) is 10.0 Å². The first-order chi connectivity index (χ1) is 11.9. The fraction of sp³-hybridized carbons (Fsp3) is 0.278. The maximum absolute atomic E-state index is 12.4. The molecule has 0 aliphatic carbocycles. The molecule has 1 heterocycles. The minimum Gasteiger partial charge on any atom is -0.322 e. The number of amides is 1. The van der Waals surface area contributed by atoms with Gasteiger partial charge in [0.05, 0.1) is 22.0 Å². The molecule has 2 aromatic carbocycles. The number of benzene rings is 2. The van der Waals surface area contributed by atoms with E-state index in [1.165, 1.54) is 4.31 Å². The third-order valence-corrected chi connectivity index (χ3v) is 6.39. The first kappa shape index (κ1) is 17.8. The van der Waals surface area contributed by atoms with Crippen LogP contribution in [0.3, 0.4) is 0 Å². The molecule has 7 heteroatoms. The van der Waals surface area contributed by atoms with Crippen molar-refractivity contribution in [3.05, 3.63) is 58.6 Å². The second kappa shape index (κ2) is 7.06. The van der Waals surface area contributed by atoms with E-state index in [0.717, 1.165) is 12.0 Å². The molecule has 0 unspecified atom stereocenters. The van der Waals surface area contributed by atoms with Crippen LogP contribution in [0.5, 0.6) is 0 Å². The van der Waals surface area contributed by atoms with Gasteiger partial charge in [-0.25, -0.2) is 8.42 Å². The van der Waals surface area contributed by atoms with Crippen LogP contribution in [0.15, 0.2) is 42.5 Å². The Hall–Kier alpha value is -2.05. The number of nitrogens with one attached hydrogen (secondary N) is 1. The molecule has 1 aliphatic rings. The summed E-state index contributed by atoms with van der Waals surface area (Å²) in [5, 5.41) is 3.15. The first-order valence-electron chi connectivity index (χ1n) is 8.05. The third-order valence-electron chi connectivity index (χ3n) is 4.20. The average Bonchev–Trinajstić information content (AvgIpc) is 2.57. The van der Waals surface area contributed by atoms with E-state index in [1.54, 1.807) is 36.4 Å². The van der Waals surface area contributed by atoms with Crippen molar-refractivity contribution >= 4 is 38.9 Å². The Balaban J connectivity index is 1.89. The zero-order valence-corrected chi connectivity index (χ0v) is 15.4. The highest BCUT2D eigenvalue weighted by atomic mass is 35.5. The topological polar surface area (TPSA) is 66.5 Å². The molecule has 0 bridgehead atoms. The van der Waals surface area contributed by atoms with Crippen molar-refractivity contribution in [3.63, 3.8) is 0 Å². The predicted octanol–water partition coefficient (Wildman–Crippen LogP) is 3.83. The molecule has 2 aromatic rings. The second-order valence-corrected chi connectivity index (χ2v) is 8.45. The lowest BCUT2D eigenvalue weighted by Gasteiger charge is -2.29. The Bertz CT molecular complexity index is 912. The van der Waals surface area contributed by atoms with E-state index in [0.29, 0.717) is 34.9 Å². The van der Waals surface area contributed by atoms with Gasteiger partial charge in [-0.05, 0) is 49.6 Å². The highest BCUT2D eigenvalue weighted by molar-refractivity contribution is 7.92. The molecular formula is C18H19ClN2O3S. The van der Waals surface area contributed by atoms with Crippen LogP contribution in [0.4, 0.5) is 11.4 Å². The molecule has 0 spiro atoms. The summed E-state index contributed by atoms with van der Waals surface area (Å²) in [6.07, 6.45) is 1.51. The molecular weight excluding hydrogens is 360 g/mol. The number of carbonyl (C=O) groups is 1. The molecule has 0 atom stereocenters. The molecule has 0 aromatic heterocycles. The Morgan fingerprint density at radius 1 is 1.16 bits per heavy atom. The van der Waals surface area contributed by atoms with Crippen molar-refractivity contribution in [1.82, 2.24) is 0 Å². The van der Waals surface area contributed by atoms with Gasteiger partial charge in [0.1, 0.15) is 0 Å². The molecule has 1 aliphatic heterocycles. The van der Waals surface area contributed by atoms with Crippen LogP contribution < -0.4 is 9.62 Å². The predicted molar refractivity (Wildman–Crippen MR) is 101 cm³/mol. The van der Waals surface area contributed by atoms with E-state index in [9.17, 15) is 13.2 Å². The number of carbonyl (C=O) groups excluding carboxylic acids is 1. The van der Waals surface area contributed by atoms with E-state index in [-0.39, 0.29) is 11.7 Å². The maximum atomic E-state index is 12.4. The molecule has 1 N–H and O–H groups in total. The minimum absolute atomic E-state index is 0.155. The van der Waals surface area contributed by atoms with Crippen molar-refractivity contribution in [2.45, 2.75) is 19.8 Å². The smallest absolute Gasteiger partial charge is 0.257 e. The molecule has 25 heavy (non-hydrogen) atoms. The fourth-order valence-electron chi connectivity index (χ4n) is 2.86. The number of sulfonamides is 1. The zero-order chi connectivity index (χ0) is 18.0. The number of hydrogen-bond acceptors (Lipinski definition) is 3. The van der Waals surface area contributed by atoms with Crippen LogP contribution in [-0.4, -0.2) is 26.6 Å². The third kappa shape index (κ3) is 3.80. The van der Waals surface area contributed by atoms with Crippen molar-refractivity contribution in [1.29, 1.82) is 0 Å². The highest BCUT2D eigenvalue weighted by Gasteiger charge is 2.27. The first-order valence-corrected chi connectivity index (χ1v) is 10.0. The zero-order valence-electron chi connectivity index (χ0n) is 13.8. The molecule has 3 rings (SSSR count). The number of hydrogen-bond donors (Lipinski definition) is 1. The van der Waals surface area contributed by atoms with Crippen LogP contribution in [0, 0.1) is 6.92 Å². The van der Waals surface area contributed by atoms with Gasteiger partial charge in [0.25, 0.3) is 5.91 Å². The number of anilines is 2. The van der Waals surface area contributed by atoms with E-state index in [4.69, 9.17) is 11.6 Å². The summed E-state index contributed by atoms with van der Waals surface area (Å²) >= 11 is 6.05. The summed E-state index contributed by atoms with van der Waals surface area (Å²) < 4.78 is 26.2. The van der Waals surface area contributed by atoms with Gasteiger partial charge in [0.15, 0.2) is 0 Å². The van der Waals surface area contributed by atoms with Gasteiger partial charge >= 0.3 is 0 Å². The maximum Gasteiger partial charge on any atom is 0.257 e. The number of aryl methyl sites for hydroxylation is 1. The highest BCUT2D eigenvalue weighted by Crippen LogP contribution is 2.30. The van der Waals surface area contributed by atoms with Crippen molar-refractivity contribution in [2.24, 2.45) is 0 Å². The Kier molecular flexibility index (Phi) is 5.01. The lowest BCUT2D eigenvalue weighted by Crippen LogP contribution is -2.38. The molecule has 1 fully saturated rings. The SMILES string of the molecule is Cc1ccc(NC(=O)c2ccccc2Cl)cc1N1CCCCS1(=O)=O. The standard InChI is InChI=1S/C18H19ClN2O3S/c1-13-8-9-14(20-18(22)15-6-2-3-7-16(15)19)12-17(13)21-10-4-5-11-25(21,23)24/h2-3,6-9,12H,4-5,10-11H2,1H3,(H,20,22). The van der Waals surface area contributed by atoms with Crippen LogP contribution in [0.1, 0.15) is 28.8 Å². The van der Waals surface area contributed by atoms with Gasteiger partial charge in [-0.2, -0.15) is 0 Å². The number of halogens is 1. The monoisotopic (exact) mass is 378 g/mol. The fourth-order valence-corrected chi connectivity index (χ4v) is 4.77. The van der Waals surface area contributed by atoms with Gasteiger partial charge in [-0.15, -0.1) is 0 Å². The lowest BCUT2D eigenvalue weighted by atomic mass is 10.1. The van der Waals surface area contributed by atoms with E-state index in [1.807, 2.05) is 13.0 Å². The molecule has 0 saturated carbocycles. The van der Waals surface area contributed by atoms with E-state index >= 15 is 0 Å². The summed E-state index contributed by atoms with van der Waals surface area (Å²) in [7, 11) is -3.30. The molecule has 0 radical (unpaired) electrons.